The Morgan fingerprint density at radius 2 is 0.543 bits per heavy atom. The highest BCUT2D eigenvalue weighted by Gasteiger charge is 2.17. The Morgan fingerprint density at radius 3 is 0.739 bits per heavy atom. The molecule has 2 amide bonds. The fraction of sp³-hybridized carbons (Fsp3) is 0.950. The number of unbranched alkanes of at least 4 members (excludes halogenated alkanes) is 28. The maximum Gasteiger partial charge on any atom is 0.224 e. The largest absolute Gasteiger partial charge is 0.376 e. The highest BCUT2D eigenvalue weighted by molar-refractivity contribution is 5.77. The molecule has 0 heterocycles. The van der Waals surface area contributed by atoms with E-state index in [1.54, 1.807) is 0 Å². The normalized spacial score (nSPS) is 11.3. The van der Waals surface area contributed by atoms with Gasteiger partial charge in [-0.05, 0) is 12.8 Å². The third-order valence-electron chi connectivity index (χ3n) is 9.68. The van der Waals surface area contributed by atoms with Crippen molar-refractivity contribution in [1.29, 1.82) is 0 Å². The third-order valence-corrected chi connectivity index (χ3v) is 9.68. The topological polar surface area (TPSA) is 81.1 Å². The molecule has 0 aromatic carbocycles. The second-order valence-corrected chi connectivity index (χ2v) is 14.0. The number of amides is 2. The molecule has 274 valence electrons. The molecule has 0 radical (unpaired) electrons. The monoisotopic (exact) mass is 653 g/mol. The van der Waals surface area contributed by atoms with Crippen LogP contribution in [0, 0.1) is 0 Å². The zero-order valence-electron chi connectivity index (χ0n) is 31.1. The van der Waals surface area contributed by atoms with Crippen molar-refractivity contribution in [1.82, 2.24) is 9.80 Å². The lowest BCUT2D eigenvalue weighted by Crippen LogP contribution is -2.41. The minimum Gasteiger partial charge on any atom is -0.376 e. The lowest BCUT2D eigenvalue weighted by Gasteiger charge is -2.25. The summed E-state index contributed by atoms with van der Waals surface area (Å²) in [4.78, 5) is 28.0. The van der Waals surface area contributed by atoms with Crippen molar-refractivity contribution in [2.45, 2.75) is 219 Å². The van der Waals surface area contributed by atoms with E-state index in [0.717, 1.165) is 38.5 Å². The summed E-state index contributed by atoms with van der Waals surface area (Å²) in [6.07, 6.45) is 39.6. The number of rotatable bonds is 37. The fourth-order valence-corrected chi connectivity index (χ4v) is 6.40. The van der Waals surface area contributed by atoms with Gasteiger partial charge < -0.3 is 20.0 Å². The van der Waals surface area contributed by atoms with E-state index in [1.807, 2.05) is 0 Å². The molecule has 0 rings (SSSR count). The van der Waals surface area contributed by atoms with Crippen LogP contribution >= 0.6 is 0 Å². The number of hydrogen-bond acceptors (Lipinski definition) is 4. The molecule has 6 nitrogen and oxygen atoms in total. The van der Waals surface area contributed by atoms with Gasteiger partial charge in [-0.25, -0.2) is 0 Å². The van der Waals surface area contributed by atoms with Crippen LogP contribution in [0.5, 0.6) is 0 Å². The van der Waals surface area contributed by atoms with Crippen molar-refractivity contribution in [2.24, 2.45) is 0 Å². The summed E-state index contributed by atoms with van der Waals surface area (Å²) < 4.78 is 0. The number of aliphatic hydroxyl groups is 2. The molecule has 0 aromatic rings. The maximum atomic E-state index is 12.6. The van der Waals surface area contributed by atoms with Crippen molar-refractivity contribution in [2.75, 3.05) is 26.6 Å². The van der Waals surface area contributed by atoms with Crippen LogP contribution in [0.1, 0.15) is 219 Å². The number of aliphatic hydroxyl groups excluding tert-OH is 2. The van der Waals surface area contributed by atoms with Gasteiger partial charge in [-0.2, -0.15) is 0 Å². The van der Waals surface area contributed by atoms with Crippen LogP contribution in [0.3, 0.4) is 0 Å². The summed E-state index contributed by atoms with van der Waals surface area (Å²) in [5.41, 5.74) is 0. The summed E-state index contributed by atoms with van der Waals surface area (Å²) in [5.74, 6) is -0.130. The molecule has 0 atom stereocenters. The van der Waals surface area contributed by atoms with E-state index in [0.29, 0.717) is 12.8 Å². The summed E-state index contributed by atoms with van der Waals surface area (Å²) in [6, 6.07) is 0. The molecule has 2 N–H and O–H groups in total. The van der Waals surface area contributed by atoms with Gasteiger partial charge in [0.05, 0.1) is 0 Å². The van der Waals surface area contributed by atoms with E-state index < -0.39 is 0 Å². The summed E-state index contributed by atoms with van der Waals surface area (Å²) in [6.45, 7) is 4.38. The molecule has 0 spiro atoms. The van der Waals surface area contributed by atoms with Crippen LogP contribution in [-0.4, -0.2) is 58.4 Å². The molecule has 0 unspecified atom stereocenters. The lowest BCUT2D eigenvalue weighted by molar-refractivity contribution is -0.140. The summed E-state index contributed by atoms with van der Waals surface area (Å²) >= 11 is 0. The molecule has 46 heavy (non-hydrogen) atoms. The van der Waals surface area contributed by atoms with Crippen molar-refractivity contribution >= 4 is 11.8 Å². The molecular formula is C40H80N2O4. The van der Waals surface area contributed by atoms with Gasteiger partial charge in [0, 0.05) is 25.9 Å². The lowest BCUT2D eigenvalue weighted by atomic mass is 10.0. The second kappa shape index (κ2) is 36.7. The number of hydrogen-bond donors (Lipinski definition) is 2. The predicted molar refractivity (Wildman–Crippen MR) is 197 cm³/mol. The van der Waals surface area contributed by atoms with Crippen molar-refractivity contribution < 1.29 is 19.8 Å². The van der Waals surface area contributed by atoms with E-state index in [4.69, 9.17) is 0 Å². The Kier molecular flexibility index (Phi) is 35.8. The van der Waals surface area contributed by atoms with E-state index in [9.17, 15) is 19.8 Å². The molecule has 0 bridgehead atoms. The SMILES string of the molecule is CCCCCCCCCCCCCCCCCC(=O)N(CO)CCN(CO)C(=O)CCCCCCCCCCCCCCCCC. The van der Waals surface area contributed by atoms with Gasteiger partial charge in [-0.1, -0.05) is 194 Å². The van der Waals surface area contributed by atoms with Crippen LogP contribution in [0.2, 0.25) is 0 Å². The Hall–Kier alpha value is -1.14. The molecule has 6 heteroatoms. The molecule has 0 aliphatic heterocycles. The van der Waals surface area contributed by atoms with E-state index in [2.05, 4.69) is 13.8 Å². The van der Waals surface area contributed by atoms with Crippen LogP contribution in [0.15, 0.2) is 0 Å². The molecule has 0 saturated heterocycles. The van der Waals surface area contributed by atoms with Crippen LogP contribution in [0.25, 0.3) is 0 Å². The Bertz CT molecular complexity index is 591. The fourth-order valence-electron chi connectivity index (χ4n) is 6.40. The van der Waals surface area contributed by atoms with Gasteiger partial charge >= 0.3 is 0 Å². The van der Waals surface area contributed by atoms with E-state index >= 15 is 0 Å². The first kappa shape index (κ1) is 44.9. The molecule has 0 aliphatic carbocycles. The first-order chi connectivity index (χ1) is 22.6. The molecule has 0 aromatic heterocycles. The minimum absolute atomic E-state index is 0.0649. The van der Waals surface area contributed by atoms with Crippen molar-refractivity contribution in [3.05, 3.63) is 0 Å². The summed E-state index contributed by atoms with van der Waals surface area (Å²) in [7, 11) is 0. The zero-order valence-corrected chi connectivity index (χ0v) is 31.1. The molecule has 0 aliphatic rings. The van der Waals surface area contributed by atoms with E-state index in [-0.39, 0.29) is 38.4 Å². The first-order valence-corrected chi connectivity index (χ1v) is 20.4. The molecule has 0 saturated carbocycles. The molecule has 0 fully saturated rings. The van der Waals surface area contributed by atoms with Crippen molar-refractivity contribution in [3.63, 3.8) is 0 Å². The van der Waals surface area contributed by atoms with Gasteiger partial charge in [0.2, 0.25) is 11.8 Å². The highest BCUT2D eigenvalue weighted by atomic mass is 16.3. The minimum atomic E-state index is -0.343. The average molecular weight is 653 g/mol. The van der Waals surface area contributed by atoms with Crippen molar-refractivity contribution in [3.8, 4) is 0 Å². The van der Waals surface area contributed by atoms with Gasteiger partial charge in [-0.15, -0.1) is 0 Å². The number of carbonyl (C=O) groups is 2. The predicted octanol–water partition coefficient (Wildman–Crippen LogP) is 11.1. The Morgan fingerprint density at radius 1 is 0.348 bits per heavy atom. The van der Waals surface area contributed by atoms with Crippen LogP contribution in [-0.2, 0) is 9.59 Å². The Balaban J connectivity index is 3.73. The number of nitrogens with zero attached hydrogens (tertiary/aromatic N) is 2. The third kappa shape index (κ3) is 30.2. The second-order valence-electron chi connectivity index (χ2n) is 14.0. The zero-order chi connectivity index (χ0) is 33.8. The van der Waals surface area contributed by atoms with Gasteiger partial charge in [0.1, 0.15) is 13.5 Å². The van der Waals surface area contributed by atoms with Gasteiger partial charge in [0.25, 0.3) is 0 Å². The average Bonchev–Trinajstić information content (AvgIpc) is 3.06. The van der Waals surface area contributed by atoms with Gasteiger partial charge in [-0.3, -0.25) is 9.59 Å². The Labute approximate surface area is 286 Å². The first-order valence-electron chi connectivity index (χ1n) is 20.4. The van der Waals surface area contributed by atoms with E-state index in [1.165, 1.54) is 164 Å². The quantitative estimate of drug-likeness (QED) is 0.0517. The van der Waals surface area contributed by atoms with Gasteiger partial charge in [0.15, 0.2) is 0 Å². The maximum absolute atomic E-state index is 12.6. The van der Waals surface area contributed by atoms with Crippen LogP contribution < -0.4 is 0 Å². The summed E-state index contributed by atoms with van der Waals surface area (Å²) in [5, 5.41) is 19.5. The molecular weight excluding hydrogens is 572 g/mol. The highest BCUT2D eigenvalue weighted by Crippen LogP contribution is 2.16. The van der Waals surface area contributed by atoms with Crippen LogP contribution in [0.4, 0.5) is 0 Å². The standard InChI is InChI=1S/C40H80N2O4/c1-3-5-7-9-11-13-15-17-19-21-23-25-27-29-31-33-39(45)41(37-43)35-36-42(38-44)40(46)34-32-30-28-26-24-22-20-18-16-14-12-10-8-6-4-2/h43-44H,3-38H2,1-2H3. The smallest absolute Gasteiger partial charge is 0.224 e. The number of carbonyl (C=O) groups excluding carboxylic acids is 2.